The van der Waals surface area contributed by atoms with E-state index < -0.39 is 5.69 Å². The number of nitrogens with one attached hydrogen (secondary N) is 3. The fourth-order valence-corrected chi connectivity index (χ4v) is 4.80. The average Bonchev–Trinajstić information content (AvgIpc) is 3.43. The Balaban J connectivity index is 1.44. The number of rotatable bonds is 7. The molecule has 3 aromatic heterocycles. The number of aromatic nitrogens is 5. The third-order valence-electron chi connectivity index (χ3n) is 6.52. The Morgan fingerprint density at radius 1 is 1.30 bits per heavy atom. The van der Waals surface area contributed by atoms with Gasteiger partial charge in [0.25, 0.3) is 0 Å². The summed E-state index contributed by atoms with van der Waals surface area (Å²) in [5, 5.41) is 19.0. The smallest absolute Gasteiger partial charge is 0.326 e. The highest BCUT2D eigenvalue weighted by Crippen LogP contribution is 2.23. The van der Waals surface area contributed by atoms with Crippen LogP contribution in [0.2, 0.25) is 5.02 Å². The van der Waals surface area contributed by atoms with Gasteiger partial charge < -0.3 is 25.0 Å². The molecule has 4 aromatic rings. The minimum atomic E-state index is -0.508. The number of aromatic hydroxyl groups is 1. The van der Waals surface area contributed by atoms with Gasteiger partial charge in [-0.05, 0) is 70.4 Å². The highest BCUT2D eigenvalue weighted by atomic mass is 35.5. The molecule has 5 rings (SSSR count). The summed E-state index contributed by atoms with van der Waals surface area (Å²) in [6, 6.07) is 9.20. The fourth-order valence-electron chi connectivity index (χ4n) is 4.61. The second kappa shape index (κ2) is 11.1. The van der Waals surface area contributed by atoms with E-state index in [1.165, 1.54) is 0 Å². The van der Waals surface area contributed by atoms with Crippen LogP contribution in [0, 0.1) is 5.92 Å². The first kappa shape index (κ1) is 27.3. The topological polar surface area (TPSA) is 136 Å². The molecule has 0 aliphatic carbocycles. The Kier molecular flexibility index (Phi) is 7.57. The fraction of sp³-hybridized carbons (Fsp3) is 0.357. The summed E-state index contributed by atoms with van der Waals surface area (Å²) < 4.78 is 7.60. The molecule has 4 N–H and O–H groups in total. The number of hydrogen-bond donors (Lipinski definition) is 4. The lowest BCUT2D eigenvalue weighted by Gasteiger charge is -2.36. The summed E-state index contributed by atoms with van der Waals surface area (Å²) in [7, 11) is 0. The predicted octanol–water partition coefficient (Wildman–Crippen LogP) is 3.30. The van der Waals surface area contributed by atoms with Gasteiger partial charge in [-0.2, -0.15) is 9.61 Å². The molecule has 1 saturated heterocycles. The van der Waals surface area contributed by atoms with E-state index in [9.17, 15) is 9.90 Å². The number of imidazole rings is 1. The van der Waals surface area contributed by atoms with Crippen molar-refractivity contribution < 1.29 is 9.84 Å². The minimum absolute atomic E-state index is 0.234. The van der Waals surface area contributed by atoms with Crippen molar-refractivity contribution in [2.45, 2.75) is 39.2 Å². The Hall–Kier alpha value is -4.25. The van der Waals surface area contributed by atoms with Crippen LogP contribution in [0.1, 0.15) is 39.3 Å². The van der Waals surface area contributed by atoms with E-state index in [2.05, 4.69) is 31.9 Å². The molecule has 0 amide bonds. The first-order valence-corrected chi connectivity index (χ1v) is 13.5. The number of aromatic amines is 2. The second-order valence-corrected chi connectivity index (χ2v) is 11.3. The average molecular weight is 565 g/mol. The molecule has 1 fully saturated rings. The molecule has 1 aliphatic rings. The maximum atomic E-state index is 11.6. The molecule has 12 heteroatoms. The Morgan fingerprint density at radius 2 is 2.08 bits per heavy atom. The highest BCUT2D eigenvalue weighted by Gasteiger charge is 2.23. The summed E-state index contributed by atoms with van der Waals surface area (Å²) in [5.41, 5.74) is 1.37. The van der Waals surface area contributed by atoms with Gasteiger partial charge in [-0.25, -0.2) is 9.78 Å². The number of halogens is 1. The number of hydrogen-bond acceptors (Lipinski definition) is 8. The zero-order valence-corrected chi connectivity index (χ0v) is 23.5. The lowest BCUT2D eigenvalue weighted by Crippen LogP contribution is -2.37. The zero-order valence-electron chi connectivity index (χ0n) is 22.7. The molecule has 0 bridgehead atoms. The van der Waals surface area contributed by atoms with Gasteiger partial charge >= 0.3 is 5.69 Å². The number of nitrogens with zero attached hydrogens (tertiary/aromatic N) is 5. The molecule has 0 spiro atoms. The quantitative estimate of drug-likeness (QED) is 0.253. The molecule has 0 atom stereocenters. The van der Waals surface area contributed by atoms with Crippen molar-refractivity contribution in [3.8, 4) is 5.88 Å². The molecule has 0 radical (unpaired) electrons. The van der Waals surface area contributed by atoms with Crippen molar-refractivity contribution in [2.75, 3.05) is 25.0 Å². The van der Waals surface area contributed by atoms with E-state index in [0.717, 1.165) is 31.6 Å². The molecule has 11 nitrogen and oxygen atoms in total. The van der Waals surface area contributed by atoms with E-state index >= 15 is 0 Å². The van der Waals surface area contributed by atoms with E-state index in [-0.39, 0.29) is 17.2 Å². The van der Waals surface area contributed by atoms with Gasteiger partial charge in [-0.15, -0.1) is 0 Å². The van der Waals surface area contributed by atoms with Gasteiger partial charge in [0, 0.05) is 41.6 Å². The van der Waals surface area contributed by atoms with Crippen molar-refractivity contribution in [1.29, 1.82) is 0 Å². The van der Waals surface area contributed by atoms with Crippen LogP contribution in [0.5, 0.6) is 5.88 Å². The van der Waals surface area contributed by atoms with E-state index in [4.69, 9.17) is 26.3 Å². The summed E-state index contributed by atoms with van der Waals surface area (Å²) in [6.07, 6.45) is 5.17. The van der Waals surface area contributed by atoms with E-state index in [0.29, 0.717) is 45.5 Å². The van der Waals surface area contributed by atoms with Gasteiger partial charge in [-0.1, -0.05) is 17.7 Å². The maximum absolute atomic E-state index is 11.6. The van der Waals surface area contributed by atoms with Crippen molar-refractivity contribution in [3.63, 3.8) is 0 Å². The zero-order chi connectivity index (χ0) is 28.4. The predicted molar refractivity (Wildman–Crippen MR) is 154 cm³/mol. The van der Waals surface area contributed by atoms with Crippen LogP contribution >= 0.6 is 11.6 Å². The molecule has 0 saturated carbocycles. The molecule has 0 unspecified atom stereocenters. The second-order valence-electron chi connectivity index (χ2n) is 10.8. The Labute approximate surface area is 235 Å². The van der Waals surface area contributed by atoms with Crippen molar-refractivity contribution in [2.24, 2.45) is 10.9 Å². The minimum Gasteiger partial charge on any atom is -0.493 e. The number of H-pyrrole nitrogens is 2. The number of ether oxygens (including phenoxy) is 1. The van der Waals surface area contributed by atoms with Crippen LogP contribution in [-0.4, -0.2) is 59.8 Å². The number of likely N-dealkylation sites (tertiary alicyclic amines) is 1. The van der Waals surface area contributed by atoms with Gasteiger partial charge in [0.1, 0.15) is 17.1 Å². The van der Waals surface area contributed by atoms with E-state index in [1.807, 2.05) is 39.0 Å². The number of piperidine rings is 1. The van der Waals surface area contributed by atoms with Crippen LogP contribution in [0.3, 0.4) is 0 Å². The monoisotopic (exact) mass is 564 g/mol. The number of fused-ring (bicyclic) bond motifs is 1. The third kappa shape index (κ3) is 6.48. The summed E-state index contributed by atoms with van der Waals surface area (Å²) in [4.78, 5) is 28.4. The van der Waals surface area contributed by atoms with Crippen LogP contribution in [0.25, 0.3) is 11.7 Å². The standard InChI is InChI=1S/C28H33ClN8O3/c1-17(40-28(2,3)4)36-10-8-18(9-11-36)15-30-24-14-23(32-21-7-5-6-20(29)13-21)34-25-19(16-31-37(24)25)12-22-26(38)35-27(39)33-22/h5-7,12-14,16,18,32,38H,1,8-11,15H2,2-4H3,(H2,33,35,39). The molecule has 4 heterocycles. The number of anilines is 2. The van der Waals surface area contributed by atoms with Gasteiger partial charge in [0.15, 0.2) is 17.0 Å². The van der Waals surface area contributed by atoms with Crippen LogP contribution in [0.15, 0.2) is 58.8 Å². The molecular weight excluding hydrogens is 532 g/mol. The van der Waals surface area contributed by atoms with Gasteiger partial charge in [0.05, 0.1) is 6.20 Å². The molecule has 1 aromatic carbocycles. The SMILES string of the molecule is C=C(OC(C)(C)C)N1CCC(CN=c2cc(Nc3cccc(Cl)c3)nc3c(=Cc4[nH]c(=O)[nH]c4O)cnn23)CC1. The summed E-state index contributed by atoms with van der Waals surface area (Å²) in [6.45, 7) is 12.5. The largest absolute Gasteiger partial charge is 0.493 e. The van der Waals surface area contributed by atoms with E-state index in [1.54, 1.807) is 28.9 Å². The number of benzene rings is 1. The molecule has 210 valence electrons. The lowest BCUT2D eigenvalue weighted by molar-refractivity contribution is -0.00513. The third-order valence-corrected chi connectivity index (χ3v) is 6.75. The van der Waals surface area contributed by atoms with Crippen LogP contribution in [-0.2, 0) is 4.74 Å². The molecular formula is C28H33ClN8O3. The molecule has 1 aliphatic heterocycles. The summed E-state index contributed by atoms with van der Waals surface area (Å²) in [5.74, 6) is 1.41. The highest BCUT2D eigenvalue weighted by molar-refractivity contribution is 6.30. The maximum Gasteiger partial charge on any atom is 0.326 e. The lowest BCUT2D eigenvalue weighted by atomic mass is 9.97. The van der Waals surface area contributed by atoms with Gasteiger partial charge in [0.2, 0.25) is 5.88 Å². The Morgan fingerprint density at radius 3 is 2.75 bits per heavy atom. The first-order valence-electron chi connectivity index (χ1n) is 13.1. The van der Waals surface area contributed by atoms with Crippen molar-refractivity contribution in [3.05, 3.63) is 80.9 Å². The van der Waals surface area contributed by atoms with Crippen LogP contribution in [0.4, 0.5) is 11.5 Å². The Bertz CT molecular complexity index is 1710. The first-order chi connectivity index (χ1) is 19.0. The van der Waals surface area contributed by atoms with Crippen molar-refractivity contribution in [1.82, 2.24) is 29.5 Å². The van der Waals surface area contributed by atoms with Crippen molar-refractivity contribution >= 4 is 34.8 Å². The normalized spacial score (nSPS) is 15.7. The van der Waals surface area contributed by atoms with Crippen LogP contribution < -0.4 is 21.7 Å². The summed E-state index contributed by atoms with van der Waals surface area (Å²) >= 11 is 6.18. The van der Waals surface area contributed by atoms with Gasteiger partial charge in [-0.3, -0.25) is 9.98 Å². The molecule has 40 heavy (non-hydrogen) atoms.